The maximum Gasteiger partial charge on any atom is 0.309 e. The normalized spacial score (nSPS) is 14.4. The monoisotopic (exact) mass is 451 g/mol. The van der Waals surface area contributed by atoms with Crippen LogP contribution in [0.2, 0.25) is 5.02 Å². The van der Waals surface area contributed by atoms with E-state index >= 15 is 0 Å². The van der Waals surface area contributed by atoms with E-state index < -0.39 is 0 Å². The molecule has 1 aliphatic heterocycles. The maximum absolute atomic E-state index is 13.3. The summed E-state index contributed by atoms with van der Waals surface area (Å²) in [5.41, 5.74) is 2.39. The molecule has 1 fully saturated rings. The van der Waals surface area contributed by atoms with E-state index in [0.717, 1.165) is 22.0 Å². The number of pyridine rings is 1. The number of nitrogens with zero attached hydrogens (tertiary/aromatic N) is 2. The number of carbonyl (C=O) groups is 2. The number of rotatable bonds is 5. The number of likely N-dealkylation sites (tertiary alicyclic amines) is 1. The van der Waals surface area contributed by atoms with Gasteiger partial charge in [-0.25, -0.2) is 4.98 Å². The minimum atomic E-state index is -0.168. The molecule has 2 heterocycles. The molecule has 2 aromatic carbocycles. The topological polar surface area (TPSA) is 71.5 Å². The molecular weight excluding hydrogens is 426 g/mol. The highest BCUT2D eigenvalue weighted by atomic mass is 35.5. The van der Waals surface area contributed by atoms with Crippen LogP contribution in [0.1, 0.15) is 35.7 Å². The van der Waals surface area contributed by atoms with Crippen LogP contribution < -0.4 is 5.32 Å². The van der Waals surface area contributed by atoms with Gasteiger partial charge in [-0.3, -0.25) is 9.59 Å². The molecule has 1 N–H and O–H groups in total. The molecule has 3 aromatic rings. The lowest BCUT2D eigenvalue weighted by atomic mass is 9.96. The van der Waals surface area contributed by atoms with Gasteiger partial charge in [0.05, 0.1) is 18.1 Å². The van der Waals surface area contributed by atoms with E-state index in [0.29, 0.717) is 48.9 Å². The molecule has 4 rings (SSSR count). The Labute approximate surface area is 192 Å². The molecule has 0 radical (unpaired) electrons. The van der Waals surface area contributed by atoms with E-state index in [1.165, 1.54) is 0 Å². The summed E-state index contributed by atoms with van der Waals surface area (Å²) in [6.07, 6.45) is 2.85. The minimum absolute atomic E-state index is 0.0686. The van der Waals surface area contributed by atoms with Gasteiger partial charge in [-0.15, -0.1) is 0 Å². The van der Waals surface area contributed by atoms with Gasteiger partial charge in [0.25, 0.3) is 5.91 Å². The van der Waals surface area contributed by atoms with Crippen molar-refractivity contribution in [3.63, 3.8) is 0 Å². The van der Waals surface area contributed by atoms with Crippen molar-refractivity contribution in [3.05, 3.63) is 64.8 Å². The highest BCUT2D eigenvalue weighted by Crippen LogP contribution is 2.30. The highest BCUT2D eigenvalue weighted by Gasteiger charge is 2.29. The van der Waals surface area contributed by atoms with Crippen LogP contribution in [0.3, 0.4) is 0 Å². The number of nitrogens with one attached hydrogen (secondary N) is 1. The number of piperidine rings is 1. The molecule has 32 heavy (non-hydrogen) atoms. The van der Waals surface area contributed by atoms with Crippen molar-refractivity contribution in [1.82, 2.24) is 9.88 Å². The Kier molecular flexibility index (Phi) is 6.61. The summed E-state index contributed by atoms with van der Waals surface area (Å²) in [5, 5.41) is 5.69. The number of hydrogen-bond donors (Lipinski definition) is 1. The molecule has 7 heteroatoms. The first-order valence-electron chi connectivity index (χ1n) is 10.8. The summed E-state index contributed by atoms with van der Waals surface area (Å²) in [4.78, 5) is 31.7. The van der Waals surface area contributed by atoms with E-state index in [1.54, 1.807) is 18.0 Å². The molecule has 166 valence electrons. The third-order valence-corrected chi connectivity index (χ3v) is 6.27. The van der Waals surface area contributed by atoms with Crippen LogP contribution in [-0.4, -0.2) is 41.5 Å². The minimum Gasteiger partial charge on any atom is -0.466 e. The fraction of sp³-hybridized carbons (Fsp3) is 0.320. The lowest BCUT2D eigenvalue weighted by Crippen LogP contribution is -2.40. The number of anilines is 2. The SMILES string of the molecule is CCOC(=O)C1CCN(C(=O)c2cnc(Nc3ccc(C)c(Cl)c3)c3ccccc23)CC1. The standard InChI is InChI=1S/C25H26ClN3O3/c1-3-32-25(31)17-10-12-29(13-11-17)24(30)21-15-27-23(20-7-5-4-6-19(20)21)28-18-9-8-16(2)22(26)14-18/h4-9,14-15,17H,3,10-13H2,1-2H3,(H,27,28). The summed E-state index contributed by atoms with van der Waals surface area (Å²) >= 11 is 6.26. The van der Waals surface area contributed by atoms with Gasteiger partial charge in [-0.1, -0.05) is 41.9 Å². The van der Waals surface area contributed by atoms with Crippen molar-refractivity contribution >= 4 is 45.8 Å². The van der Waals surface area contributed by atoms with Gasteiger partial charge in [0.15, 0.2) is 0 Å². The average molecular weight is 452 g/mol. The van der Waals surface area contributed by atoms with Crippen LogP contribution >= 0.6 is 11.6 Å². The van der Waals surface area contributed by atoms with Gasteiger partial charge in [0.1, 0.15) is 5.82 Å². The molecule has 1 aliphatic rings. The van der Waals surface area contributed by atoms with Crippen LogP contribution in [0.4, 0.5) is 11.5 Å². The predicted octanol–water partition coefficient (Wildman–Crippen LogP) is 5.36. The van der Waals surface area contributed by atoms with Gasteiger partial charge in [0, 0.05) is 35.4 Å². The number of ether oxygens (including phenoxy) is 1. The second-order valence-electron chi connectivity index (χ2n) is 7.97. The van der Waals surface area contributed by atoms with Crippen molar-refractivity contribution in [2.75, 3.05) is 25.0 Å². The number of hydrogen-bond acceptors (Lipinski definition) is 5. The lowest BCUT2D eigenvalue weighted by molar-refractivity contribution is -0.149. The van der Waals surface area contributed by atoms with E-state index in [4.69, 9.17) is 16.3 Å². The molecule has 1 aromatic heterocycles. The Balaban J connectivity index is 1.57. The van der Waals surface area contributed by atoms with Crippen molar-refractivity contribution in [3.8, 4) is 0 Å². The molecule has 0 bridgehead atoms. The van der Waals surface area contributed by atoms with Gasteiger partial charge >= 0.3 is 5.97 Å². The quantitative estimate of drug-likeness (QED) is 0.529. The summed E-state index contributed by atoms with van der Waals surface area (Å²) in [5.74, 6) is 0.291. The molecule has 0 atom stereocenters. The zero-order valence-corrected chi connectivity index (χ0v) is 19.0. The fourth-order valence-corrected chi connectivity index (χ4v) is 4.20. The van der Waals surface area contributed by atoms with E-state index in [9.17, 15) is 9.59 Å². The Morgan fingerprint density at radius 2 is 1.88 bits per heavy atom. The number of aryl methyl sites for hydroxylation is 1. The number of benzene rings is 2. The lowest BCUT2D eigenvalue weighted by Gasteiger charge is -2.31. The van der Waals surface area contributed by atoms with Crippen LogP contribution in [0.5, 0.6) is 0 Å². The maximum atomic E-state index is 13.3. The molecule has 0 saturated carbocycles. The zero-order chi connectivity index (χ0) is 22.7. The summed E-state index contributed by atoms with van der Waals surface area (Å²) in [6.45, 7) is 5.19. The first-order chi connectivity index (χ1) is 15.5. The van der Waals surface area contributed by atoms with Gasteiger partial charge < -0.3 is 15.0 Å². The second kappa shape index (κ2) is 9.57. The van der Waals surface area contributed by atoms with Crippen LogP contribution in [0, 0.1) is 12.8 Å². The summed E-state index contributed by atoms with van der Waals surface area (Å²) in [6, 6.07) is 13.5. The number of aromatic nitrogens is 1. The van der Waals surface area contributed by atoms with Crippen molar-refractivity contribution in [2.45, 2.75) is 26.7 Å². The van der Waals surface area contributed by atoms with E-state index in [-0.39, 0.29) is 17.8 Å². The molecule has 1 saturated heterocycles. The second-order valence-corrected chi connectivity index (χ2v) is 8.38. The fourth-order valence-electron chi connectivity index (χ4n) is 4.02. The Bertz CT molecular complexity index is 1160. The van der Waals surface area contributed by atoms with Crippen molar-refractivity contribution in [2.24, 2.45) is 5.92 Å². The van der Waals surface area contributed by atoms with Gasteiger partial charge in [-0.05, 0) is 49.8 Å². The highest BCUT2D eigenvalue weighted by molar-refractivity contribution is 6.31. The largest absolute Gasteiger partial charge is 0.466 e. The zero-order valence-electron chi connectivity index (χ0n) is 18.2. The molecule has 0 aliphatic carbocycles. The van der Waals surface area contributed by atoms with Gasteiger partial charge in [-0.2, -0.15) is 0 Å². The first kappa shape index (κ1) is 22.1. The van der Waals surface area contributed by atoms with Crippen molar-refractivity contribution < 1.29 is 14.3 Å². The van der Waals surface area contributed by atoms with E-state index in [1.807, 2.05) is 49.4 Å². The summed E-state index contributed by atoms with van der Waals surface area (Å²) < 4.78 is 5.13. The number of amides is 1. The van der Waals surface area contributed by atoms with Crippen molar-refractivity contribution in [1.29, 1.82) is 0 Å². The third-order valence-electron chi connectivity index (χ3n) is 5.86. The van der Waals surface area contributed by atoms with Crippen LogP contribution in [-0.2, 0) is 9.53 Å². The van der Waals surface area contributed by atoms with Crippen LogP contribution in [0.15, 0.2) is 48.7 Å². The predicted molar refractivity (Wildman–Crippen MR) is 126 cm³/mol. The van der Waals surface area contributed by atoms with E-state index in [2.05, 4.69) is 10.3 Å². The summed E-state index contributed by atoms with van der Waals surface area (Å²) in [7, 11) is 0. The molecule has 0 unspecified atom stereocenters. The van der Waals surface area contributed by atoms with Gasteiger partial charge in [0.2, 0.25) is 0 Å². The number of fused-ring (bicyclic) bond motifs is 1. The average Bonchev–Trinajstić information content (AvgIpc) is 2.81. The Morgan fingerprint density at radius 3 is 2.56 bits per heavy atom. The smallest absolute Gasteiger partial charge is 0.309 e. The molecule has 0 spiro atoms. The first-order valence-corrected chi connectivity index (χ1v) is 11.2. The Morgan fingerprint density at radius 1 is 1.16 bits per heavy atom. The Hall–Kier alpha value is -3.12. The van der Waals surface area contributed by atoms with Crippen LogP contribution in [0.25, 0.3) is 10.8 Å². The number of esters is 1. The number of halogens is 1. The third kappa shape index (κ3) is 4.55. The number of carbonyl (C=O) groups excluding carboxylic acids is 2. The molecular formula is C25H26ClN3O3. The molecule has 6 nitrogen and oxygen atoms in total. The molecule has 1 amide bonds.